The predicted molar refractivity (Wildman–Crippen MR) is 79.7 cm³/mol. The van der Waals surface area contributed by atoms with E-state index >= 15 is 0 Å². The molecule has 0 saturated heterocycles. The highest BCUT2D eigenvalue weighted by atomic mass is 79.9. The summed E-state index contributed by atoms with van der Waals surface area (Å²) in [5.74, 6) is 0. The second kappa shape index (κ2) is 4.50. The van der Waals surface area contributed by atoms with Crippen LogP contribution in [0.1, 0.15) is 11.3 Å². The first-order valence-corrected chi connectivity index (χ1v) is 6.62. The summed E-state index contributed by atoms with van der Waals surface area (Å²) in [4.78, 5) is 3.42. The van der Waals surface area contributed by atoms with Crippen molar-refractivity contribution in [3.05, 3.63) is 64.3 Å². The summed E-state index contributed by atoms with van der Waals surface area (Å²) in [5, 5.41) is 1.09. The van der Waals surface area contributed by atoms with Gasteiger partial charge in [0.2, 0.25) is 0 Å². The van der Waals surface area contributed by atoms with Crippen LogP contribution in [-0.4, -0.2) is 4.98 Å². The monoisotopic (exact) mass is 300 g/mol. The highest BCUT2D eigenvalue weighted by Crippen LogP contribution is 2.27. The fourth-order valence-electron chi connectivity index (χ4n) is 2.20. The van der Waals surface area contributed by atoms with Crippen LogP contribution in [0.2, 0.25) is 0 Å². The van der Waals surface area contributed by atoms with Crippen LogP contribution in [0.3, 0.4) is 0 Å². The lowest BCUT2D eigenvalue weighted by molar-refractivity contribution is 1.12. The summed E-state index contributed by atoms with van der Waals surface area (Å²) >= 11 is 3.46. The van der Waals surface area contributed by atoms with Gasteiger partial charge in [0.05, 0.1) is 0 Å². The normalized spacial score (nSPS) is 10.9. The average Bonchev–Trinajstić information content (AvgIpc) is 2.73. The van der Waals surface area contributed by atoms with Crippen molar-refractivity contribution < 1.29 is 0 Å². The maximum atomic E-state index is 6.01. The quantitative estimate of drug-likeness (QED) is 0.687. The standard InChI is InChI=1S/C15H13BrN2/c16-11-7-14(17)13-9-12(18-15(13)8-11)6-10-4-2-1-3-5-10/h1-5,7-9,18H,6,17H2. The van der Waals surface area contributed by atoms with Crippen molar-refractivity contribution >= 4 is 32.5 Å². The number of aromatic amines is 1. The molecule has 0 spiro atoms. The molecule has 3 rings (SSSR count). The van der Waals surface area contributed by atoms with Gasteiger partial charge in [-0.2, -0.15) is 0 Å². The Morgan fingerprint density at radius 2 is 1.83 bits per heavy atom. The molecule has 18 heavy (non-hydrogen) atoms. The molecule has 0 atom stereocenters. The Morgan fingerprint density at radius 1 is 1.06 bits per heavy atom. The highest BCUT2D eigenvalue weighted by molar-refractivity contribution is 9.10. The van der Waals surface area contributed by atoms with E-state index in [1.807, 2.05) is 12.1 Å². The number of H-pyrrole nitrogens is 1. The van der Waals surface area contributed by atoms with Crippen molar-refractivity contribution in [1.82, 2.24) is 4.98 Å². The summed E-state index contributed by atoms with van der Waals surface area (Å²) in [5.41, 5.74) is 10.4. The summed E-state index contributed by atoms with van der Waals surface area (Å²) in [6, 6.07) is 16.5. The van der Waals surface area contributed by atoms with Gasteiger partial charge in [-0.3, -0.25) is 0 Å². The Bertz CT molecular complexity index is 686. The van der Waals surface area contributed by atoms with Gasteiger partial charge in [-0.05, 0) is 23.8 Å². The van der Waals surface area contributed by atoms with Crippen molar-refractivity contribution in [1.29, 1.82) is 0 Å². The lowest BCUT2D eigenvalue weighted by Gasteiger charge is -1.97. The van der Waals surface area contributed by atoms with Gasteiger partial charge < -0.3 is 10.7 Å². The van der Waals surface area contributed by atoms with Crippen molar-refractivity contribution in [3.8, 4) is 0 Å². The number of hydrogen-bond donors (Lipinski definition) is 2. The van der Waals surface area contributed by atoms with Gasteiger partial charge in [-0.25, -0.2) is 0 Å². The molecule has 0 amide bonds. The van der Waals surface area contributed by atoms with Crippen LogP contribution >= 0.6 is 15.9 Å². The predicted octanol–water partition coefficient (Wildman–Crippen LogP) is 4.10. The van der Waals surface area contributed by atoms with E-state index in [9.17, 15) is 0 Å². The molecule has 0 aliphatic carbocycles. The lowest BCUT2D eigenvalue weighted by atomic mass is 10.1. The maximum Gasteiger partial charge on any atom is 0.0488 e. The summed E-state index contributed by atoms with van der Waals surface area (Å²) in [6.07, 6.45) is 0.895. The molecule has 2 aromatic carbocycles. The zero-order valence-electron chi connectivity index (χ0n) is 9.78. The van der Waals surface area contributed by atoms with Gasteiger partial charge in [0.25, 0.3) is 0 Å². The van der Waals surface area contributed by atoms with E-state index in [1.165, 1.54) is 11.3 Å². The first-order chi connectivity index (χ1) is 8.72. The zero-order chi connectivity index (χ0) is 12.5. The molecule has 0 aliphatic heterocycles. The van der Waals surface area contributed by atoms with E-state index in [2.05, 4.69) is 57.3 Å². The van der Waals surface area contributed by atoms with Crippen LogP contribution in [0.25, 0.3) is 10.9 Å². The van der Waals surface area contributed by atoms with Gasteiger partial charge in [0.15, 0.2) is 0 Å². The number of benzene rings is 2. The molecular weight excluding hydrogens is 288 g/mol. The second-order valence-electron chi connectivity index (χ2n) is 4.41. The number of anilines is 1. The number of nitrogens with one attached hydrogen (secondary N) is 1. The van der Waals surface area contributed by atoms with E-state index in [4.69, 9.17) is 5.73 Å². The fourth-order valence-corrected chi connectivity index (χ4v) is 2.67. The molecule has 1 aromatic heterocycles. The molecule has 3 N–H and O–H groups in total. The van der Waals surface area contributed by atoms with Crippen LogP contribution in [0.5, 0.6) is 0 Å². The van der Waals surface area contributed by atoms with E-state index in [-0.39, 0.29) is 0 Å². The minimum Gasteiger partial charge on any atom is -0.398 e. The van der Waals surface area contributed by atoms with Gasteiger partial charge in [-0.1, -0.05) is 46.3 Å². The van der Waals surface area contributed by atoms with Crippen LogP contribution in [0, 0.1) is 0 Å². The minimum atomic E-state index is 0.801. The van der Waals surface area contributed by atoms with Crippen LogP contribution in [0.4, 0.5) is 5.69 Å². The SMILES string of the molecule is Nc1cc(Br)cc2[nH]c(Cc3ccccc3)cc12. The summed E-state index contributed by atoms with van der Waals surface area (Å²) in [6.45, 7) is 0. The minimum absolute atomic E-state index is 0.801. The van der Waals surface area contributed by atoms with E-state index in [0.717, 1.165) is 27.5 Å². The third kappa shape index (κ3) is 2.14. The lowest BCUT2D eigenvalue weighted by Crippen LogP contribution is -1.86. The number of hydrogen-bond acceptors (Lipinski definition) is 1. The number of nitrogen functional groups attached to an aromatic ring is 1. The summed E-state index contributed by atoms with van der Waals surface area (Å²) < 4.78 is 1.00. The Labute approximate surface area is 114 Å². The van der Waals surface area contributed by atoms with Crippen LogP contribution < -0.4 is 5.73 Å². The molecule has 1 heterocycles. The number of rotatable bonds is 2. The number of fused-ring (bicyclic) bond motifs is 1. The van der Waals surface area contributed by atoms with E-state index in [1.54, 1.807) is 0 Å². The molecular formula is C15H13BrN2. The van der Waals surface area contributed by atoms with Gasteiger partial charge in [0.1, 0.15) is 0 Å². The topological polar surface area (TPSA) is 41.8 Å². The van der Waals surface area contributed by atoms with Crippen LogP contribution in [0.15, 0.2) is 53.0 Å². The molecule has 0 saturated carbocycles. The number of nitrogens with two attached hydrogens (primary N) is 1. The molecule has 3 aromatic rings. The maximum absolute atomic E-state index is 6.01. The Kier molecular flexibility index (Phi) is 2.84. The van der Waals surface area contributed by atoms with Crippen molar-refractivity contribution in [2.75, 3.05) is 5.73 Å². The van der Waals surface area contributed by atoms with Crippen molar-refractivity contribution in [2.45, 2.75) is 6.42 Å². The van der Waals surface area contributed by atoms with Gasteiger partial charge >= 0.3 is 0 Å². The van der Waals surface area contributed by atoms with Gasteiger partial charge in [0, 0.05) is 33.2 Å². The Morgan fingerprint density at radius 3 is 2.61 bits per heavy atom. The average molecular weight is 301 g/mol. The number of halogens is 1. The molecule has 90 valence electrons. The molecule has 2 nitrogen and oxygen atoms in total. The second-order valence-corrected chi connectivity index (χ2v) is 5.33. The Hall–Kier alpha value is -1.74. The Balaban J connectivity index is 2.01. The first-order valence-electron chi connectivity index (χ1n) is 5.83. The fraction of sp³-hybridized carbons (Fsp3) is 0.0667. The van der Waals surface area contributed by atoms with Crippen molar-refractivity contribution in [3.63, 3.8) is 0 Å². The molecule has 3 heteroatoms. The smallest absolute Gasteiger partial charge is 0.0488 e. The summed E-state index contributed by atoms with van der Waals surface area (Å²) in [7, 11) is 0. The van der Waals surface area contributed by atoms with E-state index in [0.29, 0.717) is 0 Å². The molecule has 0 aliphatic rings. The van der Waals surface area contributed by atoms with Crippen LogP contribution in [-0.2, 0) is 6.42 Å². The highest BCUT2D eigenvalue weighted by Gasteiger charge is 2.05. The third-order valence-corrected chi connectivity index (χ3v) is 3.49. The van der Waals surface area contributed by atoms with Crippen molar-refractivity contribution in [2.24, 2.45) is 0 Å². The largest absolute Gasteiger partial charge is 0.398 e. The molecule has 0 radical (unpaired) electrons. The molecule has 0 unspecified atom stereocenters. The zero-order valence-corrected chi connectivity index (χ0v) is 11.4. The van der Waals surface area contributed by atoms with Gasteiger partial charge in [-0.15, -0.1) is 0 Å². The molecule has 0 bridgehead atoms. The number of aromatic nitrogens is 1. The van der Waals surface area contributed by atoms with E-state index < -0.39 is 0 Å². The first kappa shape index (κ1) is 11.4. The third-order valence-electron chi connectivity index (χ3n) is 3.03. The molecule has 0 fully saturated rings.